The minimum absolute atomic E-state index is 0.0172. The van der Waals surface area contributed by atoms with Gasteiger partial charge in [-0.3, -0.25) is 0 Å². The number of nitrogens with two attached hydrogens (primary N) is 2. The highest BCUT2D eigenvalue weighted by atomic mass is 19.3. The Labute approximate surface area is 256 Å². The summed E-state index contributed by atoms with van der Waals surface area (Å²) in [5.74, 6) is -2.16. The fraction of sp³-hybridized carbons (Fsp3) is 0.281. The predicted molar refractivity (Wildman–Crippen MR) is 158 cm³/mol. The molecule has 0 unspecified atom stereocenters. The summed E-state index contributed by atoms with van der Waals surface area (Å²) in [6.07, 6.45) is -1.93. The molecule has 0 aromatic heterocycles. The molecule has 0 amide bonds. The monoisotopic (exact) mass is 632 g/mol. The molecule has 0 aliphatic heterocycles. The summed E-state index contributed by atoms with van der Waals surface area (Å²) in [6.45, 7) is 0.533. The Hall–Kier alpha value is -5.07. The van der Waals surface area contributed by atoms with E-state index < -0.39 is 36.2 Å². The number of unbranched alkanes of at least 4 members (excludes halogenated alkanes) is 4. The summed E-state index contributed by atoms with van der Waals surface area (Å²) in [5.41, 5.74) is 13.1. The number of carbonyl (C=O) groups is 3. The molecule has 0 radical (unpaired) electrons. The lowest BCUT2D eigenvalue weighted by atomic mass is 10.1. The van der Waals surface area contributed by atoms with Gasteiger partial charge in [-0.1, -0.05) is 31.4 Å². The first kappa shape index (κ1) is 34.4. The second-order valence-corrected chi connectivity index (χ2v) is 9.74. The Morgan fingerprint density at radius 2 is 1.27 bits per heavy atom. The van der Waals surface area contributed by atoms with E-state index in [9.17, 15) is 31.9 Å². The van der Waals surface area contributed by atoms with Gasteiger partial charge in [0.25, 0.3) is 0 Å². The number of alkyl halides is 4. The molecule has 240 valence electrons. The van der Waals surface area contributed by atoms with E-state index in [0.717, 1.165) is 43.5 Å². The van der Waals surface area contributed by atoms with Gasteiger partial charge in [-0.15, -0.1) is 0 Å². The molecule has 0 bridgehead atoms. The molecular formula is C32H32F4N2O7. The molecule has 13 heteroatoms. The number of hydrogen-bond acceptors (Lipinski definition) is 9. The van der Waals surface area contributed by atoms with Gasteiger partial charge in [-0.05, 0) is 79.1 Å². The van der Waals surface area contributed by atoms with Crippen LogP contribution in [0.1, 0.15) is 58.4 Å². The molecule has 0 fully saturated rings. The third kappa shape index (κ3) is 11.9. The average molecular weight is 633 g/mol. The van der Waals surface area contributed by atoms with Crippen molar-refractivity contribution in [3.63, 3.8) is 0 Å². The number of esters is 3. The smallest absolute Gasteiger partial charge is 0.461 e. The second-order valence-electron chi connectivity index (χ2n) is 9.74. The van der Waals surface area contributed by atoms with Gasteiger partial charge >= 0.3 is 30.4 Å². The van der Waals surface area contributed by atoms with Crippen LogP contribution in [-0.2, 0) is 14.3 Å². The molecule has 0 spiro atoms. The number of ether oxygens (including phenoxy) is 4. The van der Waals surface area contributed by atoms with E-state index in [1.165, 1.54) is 36.4 Å². The fourth-order valence-corrected chi connectivity index (χ4v) is 3.84. The van der Waals surface area contributed by atoms with Gasteiger partial charge in [0.1, 0.15) is 11.5 Å². The van der Waals surface area contributed by atoms with Crippen LogP contribution in [0.3, 0.4) is 0 Å². The summed E-state index contributed by atoms with van der Waals surface area (Å²) < 4.78 is 70.1. The van der Waals surface area contributed by atoms with Crippen molar-refractivity contribution in [2.75, 3.05) is 24.7 Å². The zero-order valence-electron chi connectivity index (χ0n) is 24.1. The molecule has 45 heavy (non-hydrogen) atoms. The zero-order chi connectivity index (χ0) is 32.8. The fourth-order valence-electron chi connectivity index (χ4n) is 3.84. The van der Waals surface area contributed by atoms with E-state index in [2.05, 4.69) is 4.74 Å². The number of rotatable bonds is 16. The second kappa shape index (κ2) is 16.7. The molecule has 0 aliphatic rings. The van der Waals surface area contributed by atoms with E-state index in [1.807, 2.05) is 0 Å². The summed E-state index contributed by atoms with van der Waals surface area (Å²) in [7, 11) is 0. The minimum atomic E-state index is -4.66. The summed E-state index contributed by atoms with van der Waals surface area (Å²) in [6, 6.07) is 14.8. The van der Waals surface area contributed by atoms with Gasteiger partial charge in [0.2, 0.25) is 0 Å². The van der Waals surface area contributed by atoms with Crippen molar-refractivity contribution in [1.29, 1.82) is 0 Å². The Balaban J connectivity index is 1.28. The standard InChI is InChI=1S/C32H32F4N2O7/c33-31(34)32(35,36)45-27-13-9-22(10-14-27)30(41)44-26-11-6-21(7-12-26)8-15-28(39)42-16-4-2-1-3-5-17-43-29(40)23-18-24(37)20-25(38)19-23/h6-15,18-20,31H,1-5,16-17,37-38H2/b15-8+. The molecule has 3 rings (SSSR count). The molecule has 0 saturated carbocycles. The zero-order valence-corrected chi connectivity index (χ0v) is 24.1. The number of nitrogen functional groups attached to an aromatic ring is 2. The van der Waals surface area contributed by atoms with Crippen molar-refractivity contribution in [3.8, 4) is 11.5 Å². The summed E-state index contributed by atoms with van der Waals surface area (Å²) in [4.78, 5) is 36.3. The number of benzene rings is 3. The van der Waals surface area contributed by atoms with Crippen LogP contribution in [-0.4, -0.2) is 43.7 Å². The van der Waals surface area contributed by atoms with Crippen LogP contribution in [0.25, 0.3) is 6.08 Å². The van der Waals surface area contributed by atoms with Crippen LogP contribution < -0.4 is 20.9 Å². The Morgan fingerprint density at radius 3 is 1.87 bits per heavy atom. The van der Waals surface area contributed by atoms with E-state index in [0.29, 0.717) is 35.3 Å². The molecule has 0 heterocycles. The largest absolute Gasteiger partial charge is 0.463 e. The highest BCUT2D eigenvalue weighted by Crippen LogP contribution is 2.27. The van der Waals surface area contributed by atoms with Gasteiger partial charge in [0, 0.05) is 17.5 Å². The van der Waals surface area contributed by atoms with Crippen LogP contribution in [0.4, 0.5) is 28.9 Å². The van der Waals surface area contributed by atoms with Crippen LogP contribution in [0.15, 0.2) is 72.8 Å². The Bertz CT molecular complexity index is 1440. The minimum Gasteiger partial charge on any atom is -0.463 e. The maximum atomic E-state index is 13.0. The molecule has 0 saturated heterocycles. The van der Waals surface area contributed by atoms with Crippen molar-refractivity contribution < 1.29 is 50.9 Å². The van der Waals surface area contributed by atoms with E-state index in [1.54, 1.807) is 18.2 Å². The van der Waals surface area contributed by atoms with Gasteiger partial charge < -0.3 is 30.4 Å². The molecule has 9 nitrogen and oxygen atoms in total. The molecular weight excluding hydrogens is 600 g/mol. The van der Waals surface area contributed by atoms with Crippen molar-refractivity contribution in [2.45, 2.75) is 44.6 Å². The number of anilines is 2. The molecule has 4 N–H and O–H groups in total. The van der Waals surface area contributed by atoms with Gasteiger partial charge in [0.05, 0.1) is 24.3 Å². The lowest BCUT2D eigenvalue weighted by Crippen LogP contribution is -2.33. The first-order valence-corrected chi connectivity index (χ1v) is 13.9. The molecule has 0 aliphatic carbocycles. The normalized spacial score (nSPS) is 11.4. The predicted octanol–water partition coefficient (Wildman–Crippen LogP) is 6.67. The Kier molecular flexibility index (Phi) is 12.8. The lowest BCUT2D eigenvalue weighted by molar-refractivity contribution is -0.253. The number of hydrogen-bond donors (Lipinski definition) is 2. The van der Waals surface area contributed by atoms with E-state index in [-0.39, 0.29) is 24.5 Å². The first-order valence-electron chi connectivity index (χ1n) is 13.9. The molecule has 0 atom stereocenters. The average Bonchev–Trinajstić information content (AvgIpc) is 2.99. The van der Waals surface area contributed by atoms with Gasteiger partial charge in [-0.25, -0.2) is 14.4 Å². The van der Waals surface area contributed by atoms with Crippen LogP contribution in [0.2, 0.25) is 0 Å². The highest BCUT2D eigenvalue weighted by molar-refractivity contribution is 5.92. The summed E-state index contributed by atoms with van der Waals surface area (Å²) in [5, 5.41) is 0. The van der Waals surface area contributed by atoms with E-state index in [4.69, 9.17) is 25.7 Å². The van der Waals surface area contributed by atoms with Crippen molar-refractivity contribution >= 4 is 35.4 Å². The lowest BCUT2D eigenvalue weighted by Gasteiger charge is -2.16. The van der Waals surface area contributed by atoms with Crippen LogP contribution >= 0.6 is 0 Å². The van der Waals surface area contributed by atoms with Crippen molar-refractivity contribution in [2.24, 2.45) is 0 Å². The van der Waals surface area contributed by atoms with E-state index >= 15 is 0 Å². The third-order valence-corrected chi connectivity index (χ3v) is 6.08. The quantitative estimate of drug-likeness (QED) is 0.0442. The van der Waals surface area contributed by atoms with Crippen molar-refractivity contribution in [1.82, 2.24) is 0 Å². The van der Waals surface area contributed by atoms with Gasteiger partial charge in [0.15, 0.2) is 0 Å². The topological polar surface area (TPSA) is 140 Å². The highest BCUT2D eigenvalue weighted by Gasteiger charge is 2.43. The maximum Gasteiger partial charge on any atom is 0.461 e. The maximum absolute atomic E-state index is 13.0. The Morgan fingerprint density at radius 1 is 0.711 bits per heavy atom. The summed E-state index contributed by atoms with van der Waals surface area (Å²) >= 11 is 0. The van der Waals surface area contributed by atoms with Crippen LogP contribution in [0, 0.1) is 0 Å². The number of carbonyl (C=O) groups excluding carboxylic acids is 3. The third-order valence-electron chi connectivity index (χ3n) is 6.08. The first-order chi connectivity index (χ1) is 21.4. The van der Waals surface area contributed by atoms with Crippen molar-refractivity contribution in [3.05, 3.63) is 89.5 Å². The molecule has 3 aromatic rings. The van der Waals surface area contributed by atoms with Crippen LogP contribution in [0.5, 0.6) is 11.5 Å². The molecule has 3 aromatic carbocycles. The number of halogens is 4. The SMILES string of the molecule is Nc1cc(N)cc(C(=O)OCCCCCCCOC(=O)/C=C/c2ccc(OC(=O)c3ccc(OC(F)(F)C(F)F)cc3)cc2)c1. The van der Waals surface area contributed by atoms with Gasteiger partial charge in [-0.2, -0.15) is 17.6 Å².